The van der Waals surface area contributed by atoms with Gasteiger partial charge >= 0.3 is 5.97 Å². The monoisotopic (exact) mass is 358 g/mol. The van der Waals surface area contributed by atoms with Gasteiger partial charge in [0.15, 0.2) is 0 Å². The Morgan fingerprint density at radius 3 is 2.70 bits per heavy atom. The van der Waals surface area contributed by atoms with Gasteiger partial charge in [-0.3, -0.25) is 14.4 Å². The highest BCUT2D eigenvalue weighted by Crippen LogP contribution is 2.31. The Morgan fingerprint density at radius 1 is 1.48 bits per heavy atom. The Kier molecular flexibility index (Phi) is 5.31. The van der Waals surface area contributed by atoms with Gasteiger partial charge in [0.25, 0.3) is 0 Å². The third-order valence-corrected chi connectivity index (χ3v) is 5.07. The number of aliphatic carboxylic acids is 1. The molecule has 2 rings (SSSR count). The van der Waals surface area contributed by atoms with Crippen molar-refractivity contribution < 1.29 is 24.3 Å². The number of hydrogen-bond donors (Lipinski definition) is 2. The highest BCUT2D eigenvalue weighted by atomic mass is 32.2. The van der Waals surface area contributed by atoms with E-state index >= 15 is 0 Å². The van der Waals surface area contributed by atoms with E-state index < -0.39 is 35.0 Å². The number of imide groups is 1. The fourth-order valence-corrected chi connectivity index (χ4v) is 3.81. The molecule has 2 heterocycles. The first kappa shape index (κ1) is 17.3. The second-order valence-corrected chi connectivity index (χ2v) is 7.18. The van der Waals surface area contributed by atoms with Crippen molar-refractivity contribution in [2.24, 2.45) is 0 Å². The number of aromatic nitrogens is 2. The Labute approximate surface area is 139 Å². The fraction of sp³-hybridized carbons (Fsp3) is 0.500. The van der Waals surface area contributed by atoms with Crippen molar-refractivity contribution in [2.45, 2.75) is 31.6 Å². The Bertz CT molecular complexity index is 662. The highest BCUT2D eigenvalue weighted by Gasteiger charge is 2.42. The normalized spacial score (nSPS) is 19.0. The van der Waals surface area contributed by atoms with Crippen molar-refractivity contribution in [1.82, 2.24) is 15.5 Å². The lowest BCUT2D eigenvalue weighted by molar-refractivity contribution is -0.140. The Hall–Kier alpha value is -2.01. The molecule has 2 atom stereocenters. The molecule has 0 radical (unpaired) electrons. The van der Waals surface area contributed by atoms with Gasteiger partial charge in [-0.15, -0.1) is 22.0 Å². The molecule has 0 bridgehead atoms. The molecule has 1 fully saturated rings. The molecule has 1 aromatic rings. The van der Waals surface area contributed by atoms with Crippen molar-refractivity contribution in [1.29, 1.82) is 0 Å². The minimum Gasteiger partial charge on any atom is -0.480 e. The molecule has 23 heavy (non-hydrogen) atoms. The van der Waals surface area contributed by atoms with Crippen LogP contribution in [0.4, 0.5) is 5.13 Å². The van der Waals surface area contributed by atoms with Crippen LogP contribution in [0.15, 0.2) is 0 Å². The minimum atomic E-state index is -1.19. The van der Waals surface area contributed by atoms with Crippen LogP contribution >= 0.6 is 23.1 Å². The van der Waals surface area contributed by atoms with Crippen molar-refractivity contribution >= 4 is 51.9 Å². The molecule has 0 saturated carbocycles. The number of rotatable bonds is 6. The molecule has 124 valence electrons. The lowest BCUT2D eigenvalue weighted by atomic mass is 10.3. The summed E-state index contributed by atoms with van der Waals surface area (Å²) in [7, 11) is 0. The summed E-state index contributed by atoms with van der Waals surface area (Å²) in [6.07, 6.45) is -0.0332. The molecule has 2 N–H and O–H groups in total. The van der Waals surface area contributed by atoms with E-state index in [9.17, 15) is 19.2 Å². The first-order valence-electron chi connectivity index (χ1n) is 6.58. The summed E-state index contributed by atoms with van der Waals surface area (Å²) < 4.78 is 0. The van der Waals surface area contributed by atoms with Crippen molar-refractivity contribution in [3.8, 4) is 0 Å². The average molecular weight is 358 g/mol. The lowest BCUT2D eigenvalue weighted by Gasteiger charge is -2.15. The zero-order valence-electron chi connectivity index (χ0n) is 12.3. The van der Waals surface area contributed by atoms with Crippen LogP contribution in [0.5, 0.6) is 0 Å². The predicted octanol–water partition coefficient (Wildman–Crippen LogP) is -0.199. The number of hydrogen-bond acceptors (Lipinski definition) is 8. The third kappa shape index (κ3) is 4.05. The minimum absolute atomic E-state index is 0.0123. The van der Waals surface area contributed by atoms with Gasteiger partial charge in [-0.25, -0.2) is 9.69 Å². The molecule has 1 aromatic heterocycles. The maximum absolute atomic E-state index is 12.3. The number of thioether (sulfide) groups is 1. The number of amides is 3. The maximum Gasteiger partial charge on any atom is 0.327 e. The summed E-state index contributed by atoms with van der Waals surface area (Å²) in [5.41, 5.74) is 0. The summed E-state index contributed by atoms with van der Waals surface area (Å²) in [4.78, 5) is 47.4. The van der Waals surface area contributed by atoms with E-state index in [1.807, 2.05) is 0 Å². The number of carboxylic acids is 1. The van der Waals surface area contributed by atoms with E-state index in [2.05, 4.69) is 15.5 Å². The largest absolute Gasteiger partial charge is 0.480 e. The van der Waals surface area contributed by atoms with Gasteiger partial charge in [0.1, 0.15) is 11.0 Å². The molecule has 1 aliphatic rings. The first-order valence-corrected chi connectivity index (χ1v) is 8.44. The molecule has 9 nitrogen and oxygen atoms in total. The van der Waals surface area contributed by atoms with Crippen LogP contribution in [0.1, 0.15) is 18.4 Å². The Balaban J connectivity index is 2.02. The smallest absolute Gasteiger partial charge is 0.327 e. The summed E-state index contributed by atoms with van der Waals surface area (Å²) in [5, 5.41) is 19.0. The molecule has 11 heteroatoms. The maximum atomic E-state index is 12.3. The van der Waals surface area contributed by atoms with E-state index in [0.29, 0.717) is 5.01 Å². The zero-order chi connectivity index (χ0) is 17.1. The van der Waals surface area contributed by atoms with Crippen LogP contribution in [0, 0.1) is 6.92 Å². The SMILES string of the molecule is CC(=O)NC(CSC1CC(=O)N(c2nnc(C)s2)C1=O)C(=O)O. The van der Waals surface area contributed by atoms with Crippen LogP contribution in [0.3, 0.4) is 0 Å². The van der Waals surface area contributed by atoms with Crippen LogP contribution in [0.25, 0.3) is 0 Å². The highest BCUT2D eigenvalue weighted by molar-refractivity contribution is 8.00. The quantitative estimate of drug-likeness (QED) is 0.669. The van der Waals surface area contributed by atoms with Gasteiger partial charge in [-0.05, 0) is 6.92 Å². The van der Waals surface area contributed by atoms with Gasteiger partial charge in [0.2, 0.25) is 22.9 Å². The van der Waals surface area contributed by atoms with Crippen molar-refractivity contribution in [3.05, 3.63) is 5.01 Å². The van der Waals surface area contributed by atoms with Gasteiger partial charge in [-0.1, -0.05) is 11.3 Å². The standard InChI is InChI=1S/C12H14N4O5S2/c1-5(17)13-7(11(20)21)4-22-8-3-9(18)16(10(8)19)12-15-14-6(2)23-12/h7-8H,3-4H2,1-2H3,(H,13,17)(H,20,21). The van der Waals surface area contributed by atoms with E-state index in [1.165, 1.54) is 6.92 Å². The second kappa shape index (κ2) is 7.04. The van der Waals surface area contributed by atoms with Crippen LogP contribution in [0.2, 0.25) is 0 Å². The van der Waals surface area contributed by atoms with Crippen molar-refractivity contribution in [2.75, 3.05) is 10.7 Å². The summed E-state index contributed by atoms with van der Waals surface area (Å²) >= 11 is 2.16. The number of carbonyl (C=O) groups excluding carboxylic acids is 3. The van der Waals surface area contributed by atoms with Crippen LogP contribution in [-0.4, -0.2) is 56.0 Å². The first-order chi connectivity index (χ1) is 10.8. The van der Waals surface area contributed by atoms with E-state index in [4.69, 9.17) is 5.11 Å². The molecule has 2 unspecified atom stereocenters. The molecular formula is C12H14N4O5S2. The molecule has 0 aliphatic carbocycles. The zero-order valence-corrected chi connectivity index (χ0v) is 13.9. The van der Waals surface area contributed by atoms with Crippen molar-refractivity contribution in [3.63, 3.8) is 0 Å². The molecule has 3 amide bonds. The molecule has 0 spiro atoms. The number of anilines is 1. The van der Waals surface area contributed by atoms with Gasteiger partial charge in [0.05, 0.1) is 5.25 Å². The average Bonchev–Trinajstić information content (AvgIpc) is 2.98. The summed E-state index contributed by atoms with van der Waals surface area (Å²) in [6.45, 7) is 2.92. The predicted molar refractivity (Wildman–Crippen MR) is 83.2 cm³/mol. The van der Waals surface area contributed by atoms with E-state index in [-0.39, 0.29) is 17.3 Å². The summed E-state index contributed by atoms with van der Waals surface area (Å²) in [5.74, 6) is -2.52. The van der Waals surface area contributed by atoms with E-state index in [0.717, 1.165) is 28.0 Å². The Morgan fingerprint density at radius 2 is 2.17 bits per heavy atom. The number of carboxylic acid groups (broad SMARTS) is 1. The second-order valence-electron chi connectivity index (χ2n) is 4.79. The molecule has 1 aliphatic heterocycles. The van der Waals surface area contributed by atoms with Gasteiger partial charge in [-0.2, -0.15) is 0 Å². The number of aryl methyl sites for hydroxylation is 1. The van der Waals surface area contributed by atoms with Gasteiger partial charge < -0.3 is 10.4 Å². The number of carbonyl (C=O) groups is 4. The van der Waals surface area contributed by atoms with Crippen LogP contribution < -0.4 is 10.2 Å². The lowest BCUT2D eigenvalue weighted by Crippen LogP contribution is -2.42. The van der Waals surface area contributed by atoms with E-state index in [1.54, 1.807) is 6.92 Å². The number of nitrogens with zero attached hydrogens (tertiary/aromatic N) is 3. The van der Waals surface area contributed by atoms with Gasteiger partial charge in [0, 0.05) is 19.1 Å². The number of nitrogens with one attached hydrogen (secondary N) is 1. The third-order valence-electron chi connectivity index (χ3n) is 2.95. The van der Waals surface area contributed by atoms with Crippen LogP contribution in [-0.2, 0) is 19.2 Å². The molecular weight excluding hydrogens is 344 g/mol. The molecule has 0 aromatic carbocycles. The molecule has 1 saturated heterocycles. The fourth-order valence-electron chi connectivity index (χ4n) is 1.94. The summed E-state index contributed by atoms with van der Waals surface area (Å²) in [6, 6.07) is -1.11. The topological polar surface area (TPSA) is 130 Å².